The van der Waals surface area contributed by atoms with E-state index in [1.54, 1.807) is 0 Å². The van der Waals surface area contributed by atoms with Gasteiger partial charge in [0.2, 0.25) is 5.76 Å². The van der Waals surface area contributed by atoms with E-state index in [2.05, 4.69) is 4.74 Å². The normalized spacial score (nSPS) is 23.2. The Hall–Kier alpha value is -0.870. The van der Waals surface area contributed by atoms with Crippen LogP contribution in [-0.4, -0.2) is 17.9 Å². The number of aliphatic hydroxyl groups is 1. The molecule has 1 rings (SSSR count). The van der Waals surface area contributed by atoms with E-state index in [0.717, 1.165) is 0 Å². The van der Waals surface area contributed by atoms with E-state index >= 15 is 0 Å². The molecule has 0 saturated carbocycles. The van der Waals surface area contributed by atoms with Gasteiger partial charge < -0.3 is 9.84 Å². The second-order valence-electron chi connectivity index (χ2n) is 2.22. The molecule has 1 N–H and O–H groups in total. The molecule has 0 amide bonds. The SMILES string of the molecule is OC(=C1CCCO1)C(F)(F)F. The molecule has 1 fully saturated rings. The van der Waals surface area contributed by atoms with Crippen LogP contribution in [0.3, 0.4) is 0 Å². The van der Waals surface area contributed by atoms with Crippen LogP contribution in [0.4, 0.5) is 13.2 Å². The van der Waals surface area contributed by atoms with Crippen LogP contribution in [0.1, 0.15) is 12.8 Å². The first kappa shape index (κ1) is 8.23. The lowest BCUT2D eigenvalue weighted by atomic mass is 10.3. The topological polar surface area (TPSA) is 29.5 Å². The first-order valence-corrected chi connectivity index (χ1v) is 3.14. The number of ether oxygens (including phenoxy) is 1. The van der Waals surface area contributed by atoms with Crippen molar-refractivity contribution >= 4 is 0 Å². The summed E-state index contributed by atoms with van der Waals surface area (Å²) < 4.78 is 39.7. The average molecular weight is 168 g/mol. The van der Waals surface area contributed by atoms with E-state index in [1.165, 1.54) is 0 Å². The van der Waals surface area contributed by atoms with Gasteiger partial charge in [0.1, 0.15) is 5.76 Å². The minimum atomic E-state index is -4.67. The molecule has 0 spiro atoms. The predicted molar refractivity (Wildman–Crippen MR) is 30.9 cm³/mol. The first-order valence-electron chi connectivity index (χ1n) is 3.14. The number of allylic oxidation sites excluding steroid dienone is 2. The van der Waals surface area contributed by atoms with Crippen molar-refractivity contribution in [1.82, 2.24) is 0 Å². The molecular formula is C6H7F3O2. The molecule has 0 radical (unpaired) electrons. The molecule has 0 aliphatic carbocycles. The molecule has 1 saturated heterocycles. The summed E-state index contributed by atoms with van der Waals surface area (Å²) in [5.74, 6) is -1.92. The van der Waals surface area contributed by atoms with Crippen molar-refractivity contribution in [3.63, 3.8) is 0 Å². The molecule has 0 aromatic heterocycles. The third kappa shape index (κ3) is 1.78. The van der Waals surface area contributed by atoms with Crippen molar-refractivity contribution in [2.45, 2.75) is 19.0 Å². The maximum Gasteiger partial charge on any atom is 0.452 e. The van der Waals surface area contributed by atoms with Gasteiger partial charge >= 0.3 is 6.18 Å². The molecule has 0 aromatic carbocycles. The Balaban J connectivity index is 2.77. The standard InChI is InChI=1S/C6H7F3O2/c7-6(8,9)5(10)4-2-1-3-11-4/h10H,1-3H2. The third-order valence-corrected chi connectivity index (χ3v) is 1.36. The Morgan fingerprint density at radius 1 is 1.45 bits per heavy atom. The van der Waals surface area contributed by atoms with Gasteiger partial charge in [-0.1, -0.05) is 0 Å². The highest BCUT2D eigenvalue weighted by atomic mass is 19.4. The number of alkyl halides is 3. The average Bonchev–Trinajstić information content (AvgIpc) is 2.34. The van der Waals surface area contributed by atoms with Crippen molar-refractivity contribution in [3.8, 4) is 0 Å². The van der Waals surface area contributed by atoms with E-state index in [1.807, 2.05) is 0 Å². The molecule has 1 aliphatic rings. The maximum absolute atomic E-state index is 11.7. The summed E-state index contributed by atoms with van der Waals surface area (Å²) in [6.45, 7) is 0.259. The van der Waals surface area contributed by atoms with Crippen LogP contribution >= 0.6 is 0 Å². The van der Waals surface area contributed by atoms with E-state index in [9.17, 15) is 13.2 Å². The fourth-order valence-corrected chi connectivity index (χ4v) is 0.845. The molecule has 0 bridgehead atoms. The zero-order valence-electron chi connectivity index (χ0n) is 5.61. The predicted octanol–water partition coefficient (Wildman–Crippen LogP) is 2.13. The Bertz CT molecular complexity index is 175. The lowest BCUT2D eigenvalue weighted by Crippen LogP contribution is -2.13. The summed E-state index contributed by atoms with van der Waals surface area (Å²) in [5.41, 5.74) is 0. The van der Waals surface area contributed by atoms with Gasteiger partial charge in [-0.25, -0.2) is 0 Å². The van der Waals surface area contributed by atoms with Crippen LogP contribution in [0.25, 0.3) is 0 Å². The minimum Gasteiger partial charge on any atom is -0.502 e. The van der Waals surface area contributed by atoms with E-state index in [4.69, 9.17) is 5.11 Å². The lowest BCUT2D eigenvalue weighted by Gasteiger charge is -2.07. The Morgan fingerprint density at radius 3 is 2.45 bits per heavy atom. The van der Waals surface area contributed by atoms with Crippen molar-refractivity contribution < 1.29 is 23.0 Å². The summed E-state index contributed by atoms with van der Waals surface area (Å²) in [6, 6.07) is 0. The molecule has 0 aromatic rings. The molecule has 1 aliphatic heterocycles. The van der Waals surface area contributed by atoms with Crippen molar-refractivity contribution in [2.24, 2.45) is 0 Å². The Morgan fingerprint density at radius 2 is 2.09 bits per heavy atom. The number of rotatable bonds is 0. The summed E-state index contributed by atoms with van der Waals surface area (Å²) in [4.78, 5) is 0. The smallest absolute Gasteiger partial charge is 0.452 e. The first-order chi connectivity index (χ1) is 5.02. The Kier molecular flexibility index (Phi) is 1.97. The largest absolute Gasteiger partial charge is 0.502 e. The van der Waals surface area contributed by atoms with Crippen LogP contribution in [0.5, 0.6) is 0 Å². The number of aliphatic hydroxyl groups excluding tert-OH is 1. The third-order valence-electron chi connectivity index (χ3n) is 1.36. The molecule has 0 atom stereocenters. The van der Waals surface area contributed by atoms with Crippen LogP contribution in [0.15, 0.2) is 11.5 Å². The maximum atomic E-state index is 11.7. The van der Waals surface area contributed by atoms with Crippen LogP contribution in [-0.2, 0) is 4.74 Å². The quantitative estimate of drug-likeness (QED) is 0.561. The number of hydrogen-bond acceptors (Lipinski definition) is 2. The monoisotopic (exact) mass is 168 g/mol. The van der Waals surface area contributed by atoms with E-state index < -0.39 is 11.9 Å². The molecule has 2 nitrogen and oxygen atoms in total. The van der Waals surface area contributed by atoms with Gasteiger partial charge in [-0.05, 0) is 6.42 Å². The zero-order valence-corrected chi connectivity index (χ0v) is 5.61. The van der Waals surface area contributed by atoms with Gasteiger partial charge in [0.15, 0.2) is 0 Å². The van der Waals surface area contributed by atoms with Crippen molar-refractivity contribution in [1.29, 1.82) is 0 Å². The highest BCUT2D eigenvalue weighted by Gasteiger charge is 2.38. The van der Waals surface area contributed by atoms with Crippen molar-refractivity contribution in [3.05, 3.63) is 11.5 Å². The second-order valence-corrected chi connectivity index (χ2v) is 2.22. The van der Waals surface area contributed by atoms with Gasteiger partial charge in [-0.15, -0.1) is 0 Å². The van der Waals surface area contributed by atoms with Gasteiger partial charge in [0, 0.05) is 6.42 Å². The summed E-state index contributed by atoms with van der Waals surface area (Å²) in [5, 5.41) is 8.52. The molecule has 0 unspecified atom stereocenters. The van der Waals surface area contributed by atoms with E-state index in [-0.39, 0.29) is 18.8 Å². The summed E-state index contributed by atoms with van der Waals surface area (Å²) in [6.07, 6.45) is -3.96. The van der Waals surface area contributed by atoms with Crippen LogP contribution in [0, 0.1) is 0 Å². The van der Waals surface area contributed by atoms with Crippen LogP contribution < -0.4 is 0 Å². The van der Waals surface area contributed by atoms with Gasteiger partial charge in [-0.3, -0.25) is 0 Å². The van der Waals surface area contributed by atoms with Crippen LogP contribution in [0.2, 0.25) is 0 Å². The highest BCUT2D eigenvalue weighted by molar-refractivity contribution is 5.07. The van der Waals surface area contributed by atoms with Gasteiger partial charge in [-0.2, -0.15) is 13.2 Å². The molecule has 11 heavy (non-hydrogen) atoms. The summed E-state index contributed by atoms with van der Waals surface area (Å²) in [7, 11) is 0. The van der Waals surface area contributed by atoms with E-state index in [0.29, 0.717) is 6.42 Å². The second kappa shape index (κ2) is 2.64. The number of hydrogen-bond donors (Lipinski definition) is 1. The highest BCUT2D eigenvalue weighted by Crippen LogP contribution is 2.30. The van der Waals surface area contributed by atoms with Crippen molar-refractivity contribution in [2.75, 3.05) is 6.61 Å². The zero-order chi connectivity index (χ0) is 8.48. The number of halogens is 3. The fourth-order valence-electron chi connectivity index (χ4n) is 0.845. The fraction of sp³-hybridized carbons (Fsp3) is 0.667. The lowest BCUT2D eigenvalue weighted by molar-refractivity contribution is -0.125. The molecular weight excluding hydrogens is 161 g/mol. The minimum absolute atomic E-state index is 0.172. The van der Waals surface area contributed by atoms with Gasteiger partial charge in [0.25, 0.3) is 0 Å². The Labute approximate surface area is 61.3 Å². The molecule has 64 valence electrons. The summed E-state index contributed by atoms with van der Waals surface area (Å²) >= 11 is 0. The molecule has 1 heterocycles. The molecule has 5 heteroatoms. The van der Waals surface area contributed by atoms with Gasteiger partial charge in [0.05, 0.1) is 6.61 Å².